The Bertz CT molecular complexity index is 673. The predicted molar refractivity (Wildman–Crippen MR) is 89.1 cm³/mol. The first kappa shape index (κ1) is 17.4. The average Bonchev–Trinajstić information content (AvgIpc) is 2.93. The molecular formula is C13H16BrN3O3S2. The van der Waals surface area contributed by atoms with Crippen molar-refractivity contribution in [3.63, 3.8) is 0 Å². The van der Waals surface area contributed by atoms with Crippen LogP contribution in [-0.4, -0.2) is 62.8 Å². The lowest BCUT2D eigenvalue weighted by atomic mass is 10.3. The summed E-state index contributed by atoms with van der Waals surface area (Å²) in [6, 6.07) is 3.33. The van der Waals surface area contributed by atoms with Crippen LogP contribution in [0.1, 0.15) is 0 Å². The normalized spacial score (nSPS) is 17.1. The number of terminal acetylenes is 1. The molecule has 1 amide bonds. The van der Waals surface area contributed by atoms with Crippen LogP contribution in [0.5, 0.6) is 0 Å². The van der Waals surface area contributed by atoms with Gasteiger partial charge in [0.05, 0.1) is 16.9 Å². The fourth-order valence-electron chi connectivity index (χ4n) is 2.10. The van der Waals surface area contributed by atoms with Crippen LogP contribution in [0.2, 0.25) is 0 Å². The van der Waals surface area contributed by atoms with Crippen molar-refractivity contribution in [1.29, 1.82) is 0 Å². The standard InChI is InChI=1S/C13H16BrN3O3S2/c1-2-5-15-12(18)10-16-6-8-17(9-7-16)22(19,20)13-4-3-11(14)21-13/h1,3-4H,5-10H2,(H,15,18). The molecule has 0 aromatic carbocycles. The van der Waals surface area contributed by atoms with Gasteiger partial charge in [0.15, 0.2) is 0 Å². The molecule has 2 rings (SSSR count). The van der Waals surface area contributed by atoms with Gasteiger partial charge in [0.1, 0.15) is 4.21 Å². The predicted octanol–water partition coefficient (Wildman–Crippen LogP) is 0.566. The van der Waals surface area contributed by atoms with Gasteiger partial charge in [0.2, 0.25) is 5.91 Å². The topological polar surface area (TPSA) is 69.7 Å². The van der Waals surface area contributed by atoms with E-state index in [9.17, 15) is 13.2 Å². The Morgan fingerprint density at radius 1 is 1.36 bits per heavy atom. The number of halogens is 1. The van der Waals surface area contributed by atoms with E-state index in [1.54, 1.807) is 12.1 Å². The second-order valence-electron chi connectivity index (χ2n) is 4.72. The number of sulfonamides is 1. The molecule has 0 bridgehead atoms. The molecule has 2 heterocycles. The van der Waals surface area contributed by atoms with E-state index in [-0.39, 0.29) is 19.0 Å². The summed E-state index contributed by atoms with van der Waals surface area (Å²) in [6.45, 7) is 2.24. The maximum atomic E-state index is 12.5. The molecule has 6 nitrogen and oxygen atoms in total. The molecule has 0 aliphatic carbocycles. The molecule has 1 fully saturated rings. The SMILES string of the molecule is C#CCNC(=O)CN1CCN(S(=O)(=O)c2ccc(Br)s2)CC1. The third-order valence-electron chi connectivity index (χ3n) is 3.23. The largest absolute Gasteiger partial charge is 0.344 e. The van der Waals surface area contributed by atoms with Crippen LogP contribution in [0.3, 0.4) is 0 Å². The van der Waals surface area contributed by atoms with E-state index in [4.69, 9.17) is 6.42 Å². The van der Waals surface area contributed by atoms with Gasteiger partial charge in [-0.2, -0.15) is 4.31 Å². The molecule has 1 saturated heterocycles. The van der Waals surface area contributed by atoms with Crippen molar-refractivity contribution in [1.82, 2.24) is 14.5 Å². The number of thiophene rings is 1. The van der Waals surface area contributed by atoms with E-state index >= 15 is 0 Å². The second-order valence-corrected chi connectivity index (χ2v) is 9.35. The van der Waals surface area contributed by atoms with Gasteiger partial charge in [-0.1, -0.05) is 5.92 Å². The molecule has 9 heteroatoms. The fraction of sp³-hybridized carbons (Fsp3) is 0.462. The quantitative estimate of drug-likeness (QED) is 0.726. The number of piperazine rings is 1. The van der Waals surface area contributed by atoms with Crippen LogP contribution in [0.25, 0.3) is 0 Å². The highest BCUT2D eigenvalue weighted by Gasteiger charge is 2.30. The van der Waals surface area contributed by atoms with Gasteiger partial charge >= 0.3 is 0 Å². The zero-order chi connectivity index (χ0) is 16.2. The minimum atomic E-state index is -3.44. The molecule has 1 aliphatic rings. The zero-order valence-corrected chi connectivity index (χ0v) is 15.0. The molecule has 1 aromatic heterocycles. The summed E-state index contributed by atoms with van der Waals surface area (Å²) >= 11 is 4.47. The maximum absolute atomic E-state index is 12.5. The number of amides is 1. The smallest absolute Gasteiger partial charge is 0.252 e. The zero-order valence-electron chi connectivity index (χ0n) is 11.8. The first-order chi connectivity index (χ1) is 10.4. The molecule has 1 N–H and O–H groups in total. The average molecular weight is 406 g/mol. The van der Waals surface area contributed by atoms with Gasteiger partial charge in [-0.15, -0.1) is 17.8 Å². The van der Waals surface area contributed by atoms with E-state index in [1.165, 1.54) is 15.6 Å². The van der Waals surface area contributed by atoms with Gasteiger partial charge < -0.3 is 5.32 Å². The maximum Gasteiger partial charge on any atom is 0.252 e. The molecule has 0 radical (unpaired) electrons. The first-order valence-corrected chi connectivity index (χ1v) is 9.66. The van der Waals surface area contributed by atoms with E-state index in [2.05, 4.69) is 27.2 Å². The number of rotatable bonds is 5. The van der Waals surface area contributed by atoms with Gasteiger partial charge in [0.25, 0.3) is 10.0 Å². The van der Waals surface area contributed by atoms with Crippen molar-refractivity contribution in [3.8, 4) is 12.3 Å². The Hall–Kier alpha value is -0.920. The fourth-order valence-corrected chi connectivity index (χ4v) is 5.69. The molecule has 120 valence electrons. The first-order valence-electron chi connectivity index (χ1n) is 6.61. The molecule has 1 aliphatic heterocycles. The summed E-state index contributed by atoms with van der Waals surface area (Å²) in [4.78, 5) is 13.5. The molecule has 22 heavy (non-hydrogen) atoms. The van der Waals surface area contributed by atoms with E-state index < -0.39 is 10.0 Å². The number of hydrogen-bond donors (Lipinski definition) is 1. The van der Waals surface area contributed by atoms with Crippen molar-refractivity contribution < 1.29 is 13.2 Å². The van der Waals surface area contributed by atoms with Crippen molar-refractivity contribution in [2.24, 2.45) is 0 Å². The summed E-state index contributed by atoms with van der Waals surface area (Å²) in [7, 11) is -3.44. The highest BCUT2D eigenvalue weighted by atomic mass is 79.9. The Morgan fingerprint density at radius 3 is 2.59 bits per heavy atom. The lowest BCUT2D eigenvalue weighted by molar-refractivity contribution is -0.122. The molecule has 0 unspecified atom stereocenters. The minimum Gasteiger partial charge on any atom is -0.344 e. The highest BCUT2D eigenvalue weighted by Crippen LogP contribution is 2.28. The van der Waals surface area contributed by atoms with Crippen LogP contribution in [0.4, 0.5) is 0 Å². The third-order valence-corrected chi connectivity index (χ3v) is 7.22. The van der Waals surface area contributed by atoms with E-state index in [0.29, 0.717) is 30.4 Å². The summed E-state index contributed by atoms with van der Waals surface area (Å²) in [5, 5.41) is 2.60. The summed E-state index contributed by atoms with van der Waals surface area (Å²) in [5.41, 5.74) is 0. The highest BCUT2D eigenvalue weighted by molar-refractivity contribution is 9.11. The molecule has 0 saturated carbocycles. The van der Waals surface area contributed by atoms with Crippen molar-refractivity contribution in [2.45, 2.75) is 4.21 Å². The molecule has 0 atom stereocenters. The summed E-state index contributed by atoms with van der Waals surface area (Å²) in [5.74, 6) is 2.20. The summed E-state index contributed by atoms with van der Waals surface area (Å²) < 4.78 is 27.5. The number of nitrogens with zero attached hydrogens (tertiary/aromatic N) is 2. The lowest BCUT2D eigenvalue weighted by Crippen LogP contribution is -2.50. The van der Waals surface area contributed by atoms with E-state index in [1.807, 2.05) is 4.90 Å². The Labute approximate surface area is 142 Å². The van der Waals surface area contributed by atoms with E-state index in [0.717, 1.165) is 3.79 Å². The lowest BCUT2D eigenvalue weighted by Gasteiger charge is -2.33. The Kier molecular flexibility index (Phi) is 6.00. The van der Waals surface area contributed by atoms with Gasteiger partial charge in [-0.25, -0.2) is 8.42 Å². The molecule has 1 aromatic rings. The van der Waals surface area contributed by atoms with Crippen LogP contribution in [0, 0.1) is 12.3 Å². The minimum absolute atomic E-state index is 0.142. The van der Waals surface area contributed by atoms with Gasteiger partial charge in [-0.05, 0) is 28.1 Å². The number of hydrogen-bond acceptors (Lipinski definition) is 5. The Morgan fingerprint density at radius 2 is 2.05 bits per heavy atom. The number of nitrogens with one attached hydrogen (secondary N) is 1. The van der Waals surface area contributed by atoms with Gasteiger partial charge in [-0.3, -0.25) is 9.69 Å². The van der Waals surface area contributed by atoms with Crippen LogP contribution >= 0.6 is 27.3 Å². The third kappa shape index (κ3) is 4.30. The Balaban J connectivity index is 1.89. The second kappa shape index (κ2) is 7.57. The van der Waals surface area contributed by atoms with Crippen molar-refractivity contribution in [3.05, 3.63) is 15.9 Å². The van der Waals surface area contributed by atoms with Crippen LogP contribution in [-0.2, 0) is 14.8 Å². The monoisotopic (exact) mass is 405 g/mol. The molecule has 0 spiro atoms. The molecular weight excluding hydrogens is 390 g/mol. The number of carbonyl (C=O) groups excluding carboxylic acids is 1. The van der Waals surface area contributed by atoms with Crippen molar-refractivity contribution in [2.75, 3.05) is 39.3 Å². The number of carbonyl (C=O) groups is 1. The summed E-state index contributed by atoms with van der Waals surface area (Å²) in [6.07, 6.45) is 5.08. The van der Waals surface area contributed by atoms with Gasteiger partial charge in [0, 0.05) is 26.2 Å². The van der Waals surface area contributed by atoms with Crippen LogP contribution in [0.15, 0.2) is 20.1 Å². The van der Waals surface area contributed by atoms with Crippen LogP contribution < -0.4 is 5.32 Å². The van der Waals surface area contributed by atoms with Crippen molar-refractivity contribution >= 4 is 43.2 Å².